The van der Waals surface area contributed by atoms with Crippen molar-refractivity contribution in [2.75, 3.05) is 26.8 Å². The van der Waals surface area contributed by atoms with E-state index in [4.69, 9.17) is 9.47 Å². The van der Waals surface area contributed by atoms with Crippen molar-refractivity contribution < 1.29 is 19.1 Å². The summed E-state index contributed by atoms with van der Waals surface area (Å²) in [7, 11) is 1.68. The quantitative estimate of drug-likeness (QED) is 0.449. The van der Waals surface area contributed by atoms with Gasteiger partial charge in [-0.3, -0.25) is 9.59 Å². The van der Waals surface area contributed by atoms with Crippen LogP contribution in [0.25, 0.3) is 10.9 Å². The Labute approximate surface area is 194 Å². The summed E-state index contributed by atoms with van der Waals surface area (Å²) in [5, 5.41) is 1.19. The van der Waals surface area contributed by atoms with Crippen LogP contribution in [0.3, 0.4) is 0 Å². The number of hydrogen-bond donors (Lipinski definition) is 1. The van der Waals surface area contributed by atoms with E-state index in [1.807, 2.05) is 29.2 Å². The van der Waals surface area contributed by atoms with E-state index >= 15 is 0 Å². The van der Waals surface area contributed by atoms with Crippen molar-refractivity contribution >= 4 is 22.6 Å². The second kappa shape index (κ2) is 10.6. The molecule has 0 aliphatic carbocycles. The molecular formula is C27H32N2O4. The van der Waals surface area contributed by atoms with Gasteiger partial charge in [0.2, 0.25) is 5.91 Å². The number of amides is 1. The monoisotopic (exact) mass is 448 g/mol. The van der Waals surface area contributed by atoms with E-state index in [1.54, 1.807) is 19.2 Å². The van der Waals surface area contributed by atoms with Gasteiger partial charge in [0.05, 0.1) is 13.7 Å². The van der Waals surface area contributed by atoms with E-state index in [-0.39, 0.29) is 24.5 Å². The van der Waals surface area contributed by atoms with E-state index in [1.165, 1.54) is 10.9 Å². The number of likely N-dealkylation sites (tertiary alicyclic amines) is 1. The van der Waals surface area contributed by atoms with Gasteiger partial charge < -0.3 is 19.4 Å². The molecule has 1 aliphatic heterocycles. The lowest BCUT2D eigenvalue weighted by Crippen LogP contribution is -2.38. The molecule has 6 heteroatoms. The first-order valence-corrected chi connectivity index (χ1v) is 11.8. The standard InChI is InChI=1S/C27H32N2O4/c1-3-16-33-21-6-4-20(5-7-21)26(30)10-11-27(31)29-14-12-19(13-15-29)24-18-28-25-9-8-22(32-2)17-23(24)25/h4-9,17-19,28H,3,10-16H2,1-2H3. The predicted octanol–water partition coefficient (Wildman–Crippen LogP) is 5.33. The summed E-state index contributed by atoms with van der Waals surface area (Å²) >= 11 is 0. The van der Waals surface area contributed by atoms with Crippen LogP contribution in [0.1, 0.15) is 60.9 Å². The smallest absolute Gasteiger partial charge is 0.223 e. The molecule has 1 amide bonds. The zero-order valence-electron chi connectivity index (χ0n) is 19.4. The Morgan fingerprint density at radius 1 is 1.03 bits per heavy atom. The Morgan fingerprint density at radius 2 is 1.76 bits per heavy atom. The maximum Gasteiger partial charge on any atom is 0.223 e. The number of methoxy groups -OCH3 is 1. The molecule has 1 saturated heterocycles. The topological polar surface area (TPSA) is 71.6 Å². The number of carbonyl (C=O) groups is 2. The number of fused-ring (bicyclic) bond motifs is 1. The van der Waals surface area contributed by atoms with Crippen molar-refractivity contribution in [3.63, 3.8) is 0 Å². The first-order chi connectivity index (χ1) is 16.1. The highest BCUT2D eigenvalue weighted by Crippen LogP contribution is 2.34. The Hall–Kier alpha value is -3.28. The molecule has 174 valence electrons. The minimum Gasteiger partial charge on any atom is -0.497 e. The first kappa shape index (κ1) is 22.9. The number of hydrogen-bond acceptors (Lipinski definition) is 4. The van der Waals surface area contributed by atoms with Gasteiger partial charge in [0.15, 0.2) is 5.78 Å². The zero-order chi connectivity index (χ0) is 23.2. The van der Waals surface area contributed by atoms with E-state index < -0.39 is 0 Å². The number of rotatable bonds is 9. The minimum absolute atomic E-state index is 0.00647. The molecular weight excluding hydrogens is 416 g/mol. The summed E-state index contributed by atoms with van der Waals surface area (Å²) in [6.45, 7) is 4.15. The van der Waals surface area contributed by atoms with Gasteiger partial charge in [-0.2, -0.15) is 0 Å². The van der Waals surface area contributed by atoms with Gasteiger partial charge in [-0.25, -0.2) is 0 Å². The number of ketones is 1. The Morgan fingerprint density at radius 3 is 2.45 bits per heavy atom. The molecule has 2 heterocycles. The van der Waals surface area contributed by atoms with Crippen LogP contribution in [0, 0.1) is 0 Å². The number of carbonyl (C=O) groups excluding carboxylic acids is 2. The average molecular weight is 449 g/mol. The third-order valence-corrected chi connectivity index (χ3v) is 6.42. The maximum atomic E-state index is 12.7. The molecule has 1 N–H and O–H groups in total. The van der Waals surface area contributed by atoms with E-state index in [0.717, 1.165) is 49.4 Å². The lowest BCUT2D eigenvalue weighted by Gasteiger charge is -2.32. The normalized spacial score (nSPS) is 14.4. The highest BCUT2D eigenvalue weighted by Gasteiger charge is 2.26. The van der Waals surface area contributed by atoms with Crippen LogP contribution >= 0.6 is 0 Å². The molecule has 6 nitrogen and oxygen atoms in total. The number of ether oxygens (including phenoxy) is 2. The largest absolute Gasteiger partial charge is 0.497 e. The van der Waals surface area contributed by atoms with E-state index in [0.29, 0.717) is 18.1 Å². The Bertz CT molecular complexity index is 1100. The zero-order valence-corrected chi connectivity index (χ0v) is 19.4. The number of nitrogens with zero attached hydrogens (tertiary/aromatic N) is 1. The number of aromatic nitrogens is 1. The highest BCUT2D eigenvalue weighted by molar-refractivity contribution is 5.98. The van der Waals surface area contributed by atoms with Gasteiger partial charge in [0.25, 0.3) is 0 Å². The first-order valence-electron chi connectivity index (χ1n) is 11.8. The van der Waals surface area contributed by atoms with Crippen molar-refractivity contribution in [1.82, 2.24) is 9.88 Å². The maximum absolute atomic E-state index is 12.7. The van der Waals surface area contributed by atoms with Crippen LogP contribution < -0.4 is 9.47 Å². The number of piperidine rings is 1. The lowest BCUT2D eigenvalue weighted by molar-refractivity contribution is -0.132. The molecule has 1 fully saturated rings. The molecule has 0 spiro atoms. The van der Waals surface area contributed by atoms with Gasteiger partial charge in [-0.1, -0.05) is 6.92 Å². The van der Waals surface area contributed by atoms with Crippen LogP contribution in [-0.4, -0.2) is 48.4 Å². The predicted molar refractivity (Wildman–Crippen MR) is 129 cm³/mol. The Balaban J connectivity index is 1.28. The summed E-state index contributed by atoms with van der Waals surface area (Å²) in [4.78, 5) is 30.5. The fourth-order valence-electron chi connectivity index (χ4n) is 4.51. The number of aromatic amines is 1. The van der Waals surface area contributed by atoms with Crippen LogP contribution in [-0.2, 0) is 4.79 Å². The summed E-state index contributed by atoms with van der Waals surface area (Å²) in [5.41, 5.74) is 3.02. The second-order valence-electron chi connectivity index (χ2n) is 8.61. The van der Waals surface area contributed by atoms with Crippen molar-refractivity contribution in [2.24, 2.45) is 0 Å². The molecule has 0 bridgehead atoms. The fraction of sp³-hybridized carbons (Fsp3) is 0.407. The molecule has 33 heavy (non-hydrogen) atoms. The molecule has 0 saturated carbocycles. The summed E-state index contributed by atoms with van der Waals surface area (Å²) in [5.74, 6) is 2.08. The summed E-state index contributed by atoms with van der Waals surface area (Å²) in [6, 6.07) is 13.3. The third-order valence-electron chi connectivity index (χ3n) is 6.42. The number of H-pyrrole nitrogens is 1. The SMILES string of the molecule is CCCOc1ccc(C(=O)CCC(=O)N2CCC(c3c[nH]c4ccc(OC)cc34)CC2)cc1. The van der Waals surface area contributed by atoms with Crippen LogP contribution in [0.2, 0.25) is 0 Å². The molecule has 4 rings (SSSR count). The van der Waals surface area contributed by atoms with Crippen LogP contribution in [0.5, 0.6) is 11.5 Å². The van der Waals surface area contributed by atoms with Crippen molar-refractivity contribution in [3.05, 3.63) is 59.8 Å². The minimum atomic E-state index is -0.00647. The van der Waals surface area contributed by atoms with Gasteiger partial charge in [-0.05, 0) is 73.2 Å². The third kappa shape index (κ3) is 5.38. The van der Waals surface area contributed by atoms with Crippen LogP contribution in [0.15, 0.2) is 48.7 Å². The van der Waals surface area contributed by atoms with Crippen molar-refractivity contribution in [1.29, 1.82) is 0 Å². The fourth-order valence-corrected chi connectivity index (χ4v) is 4.51. The molecule has 3 aromatic rings. The Kier molecular flexibility index (Phi) is 7.33. The molecule has 1 aromatic heterocycles. The molecule has 0 atom stereocenters. The highest BCUT2D eigenvalue weighted by atomic mass is 16.5. The second-order valence-corrected chi connectivity index (χ2v) is 8.61. The molecule has 0 radical (unpaired) electrons. The van der Waals surface area contributed by atoms with Gasteiger partial charge in [-0.15, -0.1) is 0 Å². The number of nitrogens with one attached hydrogen (secondary N) is 1. The average Bonchev–Trinajstić information content (AvgIpc) is 3.29. The number of Topliss-reactive ketones (excluding diaryl/α,β-unsaturated/α-hetero) is 1. The summed E-state index contributed by atoms with van der Waals surface area (Å²) < 4.78 is 10.9. The molecule has 0 unspecified atom stereocenters. The van der Waals surface area contributed by atoms with E-state index in [2.05, 4.69) is 24.2 Å². The number of benzene rings is 2. The summed E-state index contributed by atoms with van der Waals surface area (Å²) in [6.07, 6.45) is 5.35. The molecule has 1 aliphatic rings. The molecule has 2 aromatic carbocycles. The van der Waals surface area contributed by atoms with E-state index in [9.17, 15) is 9.59 Å². The van der Waals surface area contributed by atoms with Crippen molar-refractivity contribution in [2.45, 2.75) is 44.9 Å². The van der Waals surface area contributed by atoms with Gasteiger partial charge in [0, 0.05) is 48.6 Å². The van der Waals surface area contributed by atoms with Gasteiger partial charge in [0.1, 0.15) is 11.5 Å². The van der Waals surface area contributed by atoms with Crippen molar-refractivity contribution in [3.8, 4) is 11.5 Å². The lowest BCUT2D eigenvalue weighted by atomic mass is 9.89. The van der Waals surface area contributed by atoms with Gasteiger partial charge >= 0.3 is 0 Å². The van der Waals surface area contributed by atoms with Crippen LogP contribution in [0.4, 0.5) is 0 Å².